The molecule has 132 valence electrons. The van der Waals surface area contributed by atoms with Crippen molar-refractivity contribution in [3.8, 4) is 11.8 Å². The number of hydrogen-bond acceptors (Lipinski definition) is 0. The minimum Gasteiger partial charge on any atom is -0.0978 e. The van der Waals surface area contributed by atoms with Gasteiger partial charge in [0, 0.05) is 31.8 Å². The first-order chi connectivity index (χ1) is 13.1. The zero-order valence-electron chi connectivity index (χ0n) is 14.3. The van der Waals surface area contributed by atoms with E-state index in [4.69, 9.17) is 34.8 Å². The molecule has 0 atom stereocenters. The predicted molar refractivity (Wildman–Crippen MR) is 117 cm³/mol. The first-order valence-corrected chi connectivity index (χ1v) is 9.36. The van der Waals surface area contributed by atoms with Crippen LogP contribution in [0.5, 0.6) is 0 Å². The summed E-state index contributed by atoms with van der Waals surface area (Å²) in [5.41, 5.74) is 4.67. The molecule has 3 aromatic carbocycles. The lowest BCUT2D eigenvalue weighted by Gasteiger charge is -2.11. The van der Waals surface area contributed by atoms with E-state index in [0.717, 1.165) is 27.8 Å². The lowest BCUT2D eigenvalue weighted by molar-refractivity contribution is 1.52. The molecular formula is C24H15Cl3. The SMILES string of the molecule is C=CC(C#Cc1ccc(Cl)cc1)=C(c1ccc(Cl)cc1)c1ccc(Cl)cc1. The molecule has 0 N–H and O–H groups in total. The molecule has 0 heterocycles. The van der Waals surface area contributed by atoms with Crippen molar-refractivity contribution < 1.29 is 0 Å². The molecule has 0 nitrogen and oxygen atoms in total. The summed E-state index contributed by atoms with van der Waals surface area (Å²) >= 11 is 18.1. The Morgan fingerprint density at radius 2 is 1.07 bits per heavy atom. The molecule has 0 aliphatic carbocycles. The summed E-state index contributed by atoms with van der Waals surface area (Å²) in [6.45, 7) is 3.96. The third-order valence-electron chi connectivity index (χ3n) is 3.92. The fraction of sp³-hybridized carbons (Fsp3) is 0. The van der Waals surface area contributed by atoms with Crippen LogP contribution in [0.1, 0.15) is 16.7 Å². The minimum absolute atomic E-state index is 0.682. The van der Waals surface area contributed by atoms with E-state index >= 15 is 0 Å². The van der Waals surface area contributed by atoms with E-state index in [1.807, 2.05) is 72.8 Å². The van der Waals surface area contributed by atoms with E-state index in [9.17, 15) is 0 Å². The van der Waals surface area contributed by atoms with Gasteiger partial charge in [0.1, 0.15) is 0 Å². The Hall–Kier alpha value is -2.43. The maximum atomic E-state index is 6.06. The standard InChI is InChI=1S/C24H15Cl3/c1-2-18(6-3-17-4-11-21(25)12-5-17)24(19-7-13-22(26)14-8-19)20-9-15-23(27)16-10-20/h2,4-5,7-16H,1H2. The Morgan fingerprint density at radius 1 is 0.667 bits per heavy atom. The van der Waals surface area contributed by atoms with Crippen LogP contribution in [0.2, 0.25) is 15.1 Å². The molecule has 0 saturated carbocycles. The first kappa shape index (κ1) is 19.3. The molecule has 27 heavy (non-hydrogen) atoms. The average Bonchev–Trinajstić information content (AvgIpc) is 2.68. The maximum Gasteiger partial charge on any atom is 0.0406 e. The Morgan fingerprint density at radius 3 is 1.48 bits per heavy atom. The highest BCUT2D eigenvalue weighted by molar-refractivity contribution is 6.31. The second-order valence-corrected chi connectivity index (χ2v) is 7.07. The van der Waals surface area contributed by atoms with Crippen molar-refractivity contribution in [1.82, 2.24) is 0 Å². The van der Waals surface area contributed by atoms with Crippen molar-refractivity contribution >= 4 is 40.4 Å². The van der Waals surface area contributed by atoms with Gasteiger partial charge >= 0.3 is 0 Å². The van der Waals surface area contributed by atoms with Crippen LogP contribution in [0, 0.1) is 11.8 Å². The van der Waals surface area contributed by atoms with E-state index in [2.05, 4.69) is 18.4 Å². The van der Waals surface area contributed by atoms with Gasteiger partial charge in [-0.3, -0.25) is 0 Å². The van der Waals surface area contributed by atoms with E-state index in [1.54, 1.807) is 6.08 Å². The van der Waals surface area contributed by atoms with Gasteiger partial charge < -0.3 is 0 Å². The van der Waals surface area contributed by atoms with Gasteiger partial charge in [0.25, 0.3) is 0 Å². The summed E-state index contributed by atoms with van der Waals surface area (Å²) in [5.74, 6) is 6.41. The number of halogens is 3. The van der Waals surface area contributed by atoms with E-state index < -0.39 is 0 Å². The molecule has 0 fully saturated rings. The quantitative estimate of drug-likeness (QED) is 0.307. The smallest absolute Gasteiger partial charge is 0.0406 e. The third-order valence-corrected chi connectivity index (χ3v) is 4.68. The van der Waals surface area contributed by atoms with Gasteiger partial charge in [0.2, 0.25) is 0 Å². The van der Waals surface area contributed by atoms with Gasteiger partial charge in [0.05, 0.1) is 0 Å². The highest BCUT2D eigenvalue weighted by Crippen LogP contribution is 2.29. The molecule has 3 heteroatoms. The average molecular weight is 410 g/mol. The molecule has 0 amide bonds. The summed E-state index contributed by atoms with van der Waals surface area (Å²) in [5, 5.41) is 2.05. The molecule has 0 aliphatic rings. The molecule has 3 rings (SSSR count). The van der Waals surface area contributed by atoms with Crippen molar-refractivity contribution in [3.05, 3.63) is 123 Å². The molecule has 0 radical (unpaired) electrons. The fourth-order valence-electron chi connectivity index (χ4n) is 2.60. The summed E-state index contributed by atoms with van der Waals surface area (Å²) in [4.78, 5) is 0. The van der Waals surface area contributed by atoms with Crippen LogP contribution in [0.4, 0.5) is 0 Å². The Kier molecular flexibility index (Phi) is 6.43. The molecule has 0 saturated heterocycles. The summed E-state index contributed by atoms with van der Waals surface area (Å²) in [6.07, 6.45) is 1.77. The predicted octanol–water partition coefficient (Wildman–Crippen LogP) is 7.69. The Balaban J connectivity index is 2.16. The normalized spacial score (nSPS) is 9.89. The second-order valence-electron chi connectivity index (χ2n) is 5.76. The summed E-state index contributed by atoms with van der Waals surface area (Å²) in [7, 11) is 0. The lowest BCUT2D eigenvalue weighted by atomic mass is 9.93. The van der Waals surface area contributed by atoms with Gasteiger partial charge in [-0.25, -0.2) is 0 Å². The molecule has 3 aromatic rings. The number of hydrogen-bond donors (Lipinski definition) is 0. The number of rotatable bonds is 3. The van der Waals surface area contributed by atoms with Crippen molar-refractivity contribution in [2.75, 3.05) is 0 Å². The summed E-state index contributed by atoms with van der Waals surface area (Å²) in [6, 6.07) is 22.8. The molecular weight excluding hydrogens is 395 g/mol. The van der Waals surface area contributed by atoms with Gasteiger partial charge in [0.15, 0.2) is 0 Å². The fourth-order valence-corrected chi connectivity index (χ4v) is 2.98. The zero-order chi connectivity index (χ0) is 19.2. The highest BCUT2D eigenvalue weighted by atomic mass is 35.5. The lowest BCUT2D eigenvalue weighted by Crippen LogP contribution is -1.92. The van der Waals surface area contributed by atoms with Crippen LogP contribution in [0.15, 0.2) is 91.0 Å². The van der Waals surface area contributed by atoms with E-state index in [0.29, 0.717) is 15.1 Å². The van der Waals surface area contributed by atoms with Gasteiger partial charge in [-0.15, -0.1) is 0 Å². The molecule has 0 bridgehead atoms. The van der Waals surface area contributed by atoms with Crippen molar-refractivity contribution in [2.45, 2.75) is 0 Å². The highest BCUT2D eigenvalue weighted by Gasteiger charge is 2.09. The number of allylic oxidation sites excluding steroid dienone is 2. The van der Waals surface area contributed by atoms with Crippen molar-refractivity contribution in [1.29, 1.82) is 0 Å². The van der Waals surface area contributed by atoms with Gasteiger partial charge in [-0.05, 0) is 59.7 Å². The minimum atomic E-state index is 0.682. The molecule has 0 unspecified atom stereocenters. The van der Waals surface area contributed by atoms with Crippen LogP contribution >= 0.6 is 34.8 Å². The topological polar surface area (TPSA) is 0 Å². The Labute approximate surface area is 174 Å². The van der Waals surface area contributed by atoms with Crippen LogP contribution in [-0.4, -0.2) is 0 Å². The van der Waals surface area contributed by atoms with Crippen molar-refractivity contribution in [3.63, 3.8) is 0 Å². The monoisotopic (exact) mass is 408 g/mol. The molecule has 0 aliphatic heterocycles. The second kappa shape index (κ2) is 8.98. The zero-order valence-corrected chi connectivity index (χ0v) is 16.6. The van der Waals surface area contributed by atoms with Gasteiger partial charge in [-0.1, -0.05) is 83.6 Å². The van der Waals surface area contributed by atoms with Gasteiger partial charge in [-0.2, -0.15) is 0 Å². The largest absolute Gasteiger partial charge is 0.0978 e. The summed E-state index contributed by atoms with van der Waals surface area (Å²) < 4.78 is 0. The van der Waals surface area contributed by atoms with E-state index in [-0.39, 0.29) is 0 Å². The van der Waals surface area contributed by atoms with Crippen LogP contribution < -0.4 is 0 Å². The molecule has 0 aromatic heterocycles. The van der Waals surface area contributed by atoms with Crippen LogP contribution in [0.25, 0.3) is 5.57 Å². The van der Waals surface area contributed by atoms with Crippen LogP contribution in [0.3, 0.4) is 0 Å². The molecule has 0 spiro atoms. The number of benzene rings is 3. The van der Waals surface area contributed by atoms with E-state index in [1.165, 1.54) is 0 Å². The Bertz CT molecular complexity index is 983. The van der Waals surface area contributed by atoms with Crippen molar-refractivity contribution in [2.24, 2.45) is 0 Å². The maximum absolute atomic E-state index is 6.06. The third kappa shape index (κ3) is 5.06. The van der Waals surface area contributed by atoms with Crippen LogP contribution in [-0.2, 0) is 0 Å². The first-order valence-electron chi connectivity index (χ1n) is 8.23.